The highest BCUT2D eigenvalue weighted by Gasteiger charge is 2.10. The number of methoxy groups -OCH3 is 1. The summed E-state index contributed by atoms with van der Waals surface area (Å²) in [5, 5.41) is 4.06. The lowest BCUT2D eigenvalue weighted by molar-refractivity contribution is 0.310. The highest BCUT2D eigenvalue weighted by molar-refractivity contribution is 6.31. The van der Waals surface area contributed by atoms with Gasteiger partial charge in [0.05, 0.1) is 13.7 Å². The number of rotatable bonds is 7. The molecule has 0 saturated heterocycles. The van der Waals surface area contributed by atoms with Crippen LogP contribution in [0.1, 0.15) is 18.1 Å². The molecule has 120 valence electrons. The van der Waals surface area contributed by atoms with Gasteiger partial charge in [0.2, 0.25) is 0 Å². The fourth-order valence-electron chi connectivity index (χ4n) is 2.08. The first-order valence-corrected chi connectivity index (χ1v) is 7.36. The molecule has 0 spiro atoms. The van der Waals surface area contributed by atoms with Gasteiger partial charge < -0.3 is 14.8 Å². The van der Waals surface area contributed by atoms with Crippen molar-refractivity contribution in [2.45, 2.75) is 20.0 Å². The number of hydrogen-bond donors (Lipinski definition) is 1. The third kappa shape index (κ3) is 5.09. The average Bonchev–Trinajstić information content (AvgIpc) is 2.51. The minimum absolute atomic E-state index is 0. The van der Waals surface area contributed by atoms with Gasteiger partial charge in [-0.1, -0.05) is 41.9 Å². The second-order valence-corrected chi connectivity index (χ2v) is 5.02. The van der Waals surface area contributed by atoms with Gasteiger partial charge in [0.25, 0.3) is 0 Å². The van der Waals surface area contributed by atoms with Crippen LogP contribution in [0.3, 0.4) is 0 Å². The van der Waals surface area contributed by atoms with Crippen molar-refractivity contribution < 1.29 is 9.47 Å². The van der Waals surface area contributed by atoms with Gasteiger partial charge in [-0.15, -0.1) is 12.4 Å². The predicted molar refractivity (Wildman–Crippen MR) is 93.4 cm³/mol. The molecule has 2 aromatic carbocycles. The molecule has 2 aromatic rings. The SMILES string of the molecule is CCOc1cc(CNCc2ccccc2)c(Cl)cc1OC.Cl. The van der Waals surface area contributed by atoms with Crippen molar-refractivity contribution >= 4 is 24.0 Å². The van der Waals surface area contributed by atoms with E-state index < -0.39 is 0 Å². The van der Waals surface area contributed by atoms with Crippen LogP contribution in [0.25, 0.3) is 0 Å². The Balaban J connectivity index is 0.00000242. The summed E-state index contributed by atoms with van der Waals surface area (Å²) in [6.07, 6.45) is 0. The molecular formula is C17H21Cl2NO2. The van der Waals surface area contributed by atoms with E-state index in [1.54, 1.807) is 13.2 Å². The molecule has 0 saturated carbocycles. The van der Waals surface area contributed by atoms with E-state index in [1.165, 1.54) is 5.56 Å². The molecule has 0 aliphatic rings. The van der Waals surface area contributed by atoms with Crippen LogP contribution in [-0.4, -0.2) is 13.7 Å². The van der Waals surface area contributed by atoms with E-state index in [2.05, 4.69) is 17.4 Å². The Morgan fingerprint density at radius 1 is 1.05 bits per heavy atom. The molecule has 5 heteroatoms. The van der Waals surface area contributed by atoms with Gasteiger partial charge in [-0.3, -0.25) is 0 Å². The first-order valence-electron chi connectivity index (χ1n) is 6.98. The summed E-state index contributed by atoms with van der Waals surface area (Å²) >= 11 is 6.29. The lowest BCUT2D eigenvalue weighted by Crippen LogP contribution is -2.13. The van der Waals surface area contributed by atoms with Crippen LogP contribution in [0.15, 0.2) is 42.5 Å². The average molecular weight is 342 g/mol. The maximum absolute atomic E-state index is 6.29. The highest BCUT2D eigenvalue weighted by Crippen LogP contribution is 2.33. The van der Waals surface area contributed by atoms with Gasteiger partial charge in [0, 0.05) is 24.2 Å². The summed E-state index contributed by atoms with van der Waals surface area (Å²) in [4.78, 5) is 0. The normalized spacial score (nSPS) is 9.95. The molecule has 22 heavy (non-hydrogen) atoms. The molecule has 0 atom stereocenters. The fraction of sp³-hybridized carbons (Fsp3) is 0.294. The van der Waals surface area contributed by atoms with E-state index in [1.807, 2.05) is 31.2 Å². The minimum atomic E-state index is 0. The van der Waals surface area contributed by atoms with Crippen molar-refractivity contribution in [1.29, 1.82) is 0 Å². The van der Waals surface area contributed by atoms with Crippen LogP contribution in [0.5, 0.6) is 11.5 Å². The number of ether oxygens (including phenoxy) is 2. The lowest BCUT2D eigenvalue weighted by atomic mass is 10.2. The summed E-state index contributed by atoms with van der Waals surface area (Å²) in [5.74, 6) is 1.38. The second-order valence-electron chi connectivity index (χ2n) is 4.62. The quantitative estimate of drug-likeness (QED) is 0.806. The van der Waals surface area contributed by atoms with Gasteiger partial charge >= 0.3 is 0 Å². The molecule has 0 unspecified atom stereocenters. The van der Waals surface area contributed by atoms with Crippen LogP contribution in [0.2, 0.25) is 5.02 Å². The number of halogens is 2. The van der Waals surface area contributed by atoms with E-state index >= 15 is 0 Å². The maximum atomic E-state index is 6.29. The molecule has 0 radical (unpaired) electrons. The summed E-state index contributed by atoms with van der Waals surface area (Å²) in [6, 6.07) is 14.0. The van der Waals surface area contributed by atoms with Gasteiger partial charge in [0.15, 0.2) is 11.5 Å². The van der Waals surface area contributed by atoms with Gasteiger partial charge in [-0.05, 0) is 24.1 Å². The van der Waals surface area contributed by atoms with Gasteiger partial charge in [0.1, 0.15) is 0 Å². The maximum Gasteiger partial charge on any atom is 0.162 e. The van der Waals surface area contributed by atoms with Crippen molar-refractivity contribution in [2.75, 3.05) is 13.7 Å². The summed E-state index contributed by atoms with van der Waals surface area (Å²) in [7, 11) is 1.61. The van der Waals surface area contributed by atoms with Crippen molar-refractivity contribution in [1.82, 2.24) is 5.32 Å². The molecule has 1 N–H and O–H groups in total. The predicted octanol–water partition coefficient (Wildman–Crippen LogP) is 4.46. The molecule has 0 fully saturated rings. The number of hydrogen-bond acceptors (Lipinski definition) is 3. The Kier molecular flexibility index (Phi) is 8.10. The van der Waals surface area contributed by atoms with Crippen LogP contribution in [-0.2, 0) is 13.1 Å². The third-order valence-corrected chi connectivity index (χ3v) is 3.47. The lowest BCUT2D eigenvalue weighted by Gasteiger charge is -2.13. The molecule has 2 rings (SSSR count). The Hall–Kier alpha value is -1.42. The number of benzene rings is 2. The molecule has 3 nitrogen and oxygen atoms in total. The summed E-state index contributed by atoms with van der Waals surface area (Å²) in [5.41, 5.74) is 2.24. The van der Waals surface area contributed by atoms with Gasteiger partial charge in [-0.25, -0.2) is 0 Å². The zero-order valence-corrected chi connectivity index (χ0v) is 14.3. The first-order chi connectivity index (χ1) is 10.2. The smallest absolute Gasteiger partial charge is 0.162 e. The van der Waals surface area contributed by atoms with Crippen molar-refractivity contribution in [3.63, 3.8) is 0 Å². The zero-order valence-electron chi connectivity index (χ0n) is 12.8. The van der Waals surface area contributed by atoms with E-state index in [0.717, 1.165) is 17.9 Å². The largest absolute Gasteiger partial charge is 0.493 e. The van der Waals surface area contributed by atoms with E-state index in [0.29, 0.717) is 23.9 Å². The Morgan fingerprint density at radius 2 is 1.77 bits per heavy atom. The minimum Gasteiger partial charge on any atom is -0.493 e. The van der Waals surface area contributed by atoms with Gasteiger partial charge in [-0.2, -0.15) is 0 Å². The highest BCUT2D eigenvalue weighted by atomic mass is 35.5. The van der Waals surface area contributed by atoms with Crippen molar-refractivity contribution in [2.24, 2.45) is 0 Å². The molecule has 0 amide bonds. The van der Waals surface area contributed by atoms with E-state index in [9.17, 15) is 0 Å². The molecule has 0 heterocycles. The van der Waals surface area contributed by atoms with Crippen LogP contribution in [0, 0.1) is 0 Å². The summed E-state index contributed by atoms with van der Waals surface area (Å²) in [6.45, 7) is 4.02. The van der Waals surface area contributed by atoms with E-state index in [4.69, 9.17) is 21.1 Å². The van der Waals surface area contributed by atoms with Crippen molar-refractivity contribution in [3.8, 4) is 11.5 Å². The van der Waals surface area contributed by atoms with E-state index in [-0.39, 0.29) is 12.4 Å². The molecular weight excluding hydrogens is 321 g/mol. The Morgan fingerprint density at radius 3 is 2.41 bits per heavy atom. The summed E-state index contributed by atoms with van der Waals surface area (Å²) < 4.78 is 10.9. The molecule has 0 bridgehead atoms. The zero-order chi connectivity index (χ0) is 15.1. The number of nitrogens with one attached hydrogen (secondary N) is 1. The van der Waals surface area contributed by atoms with Crippen LogP contribution in [0.4, 0.5) is 0 Å². The standard InChI is InChI=1S/C17H20ClNO2.ClH/c1-3-21-17-9-14(15(18)10-16(17)20-2)12-19-11-13-7-5-4-6-8-13;/h4-10,19H,3,11-12H2,1-2H3;1H. The molecule has 0 aliphatic carbocycles. The van der Waals surface area contributed by atoms with Crippen LogP contribution >= 0.6 is 24.0 Å². The van der Waals surface area contributed by atoms with Crippen LogP contribution < -0.4 is 14.8 Å². The van der Waals surface area contributed by atoms with Crippen molar-refractivity contribution in [3.05, 3.63) is 58.6 Å². The topological polar surface area (TPSA) is 30.5 Å². The first kappa shape index (κ1) is 18.6. The molecule has 0 aliphatic heterocycles. The fourth-order valence-corrected chi connectivity index (χ4v) is 2.30. The third-order valence-electron chi connectivity index (χ3n) is 3.12. The second kappa shape index (κ2) is 9.57. The Bertz CT molecular complexity index is 576. The Labute approximate surface area is 143 Å². The monoisotopic (exact) mass is 341 g/mol. The molecule has 0 aromatic heterocycles.